The molecule has 2 aromatic carbocycles. The van der Waals surface area contributed by atoms with Gasteiger partial charge in [0.1, 0.15) is 0 Å². The highest BCUT2D eigenvalue weighted by atomic mass is 16.5. The minimum absolute atomic E-state index is 0.0344. The summed E-state index contributed by atoms with van der Waals surface area (Å²) in [7, 11) is 1.82. The fourth-order valence-electron chi connectivity index (χ4n) is 8.50. The van der Waals surface area contributed by atoms with E-state index in [1.807, 2.05) is 45.2 Å². The number of hydrogen-bond donors (Lipinski definition) is 2. The van der Waals surface area contributed by atoms with Gasteiger partial charge in [0, 0.05) is 42.6 Å². The van der Waals surface area contributed by atoms with Gasteiger partial charge in [-0.15, -0.1) is 0 Å². The molecule has 9 rings (SSSR count). The normalized spacial score (nSPS) is 31.5. The number of nitrogens with zero attached hydrogens (tertiary/aromatic N) is 3. The van der Waals surface area contributed by atoms with Crippen LogP contribution < -0.4 is 9.64 Å². The molecule has 1 amide bonds. The standard InChI is InChI=1S/C29H27N3O4.C2H6/c1-31-24-17-12-29(35)20-11-15-7-8-19(33)25-22(15)28(29,9-10-32(20)13-14-5-6-14)26(36-25)23(17)30-18-4-2-3-16(21(18)24)27(31)34;1-2/h2-4,7-8,14,20,26,33,35H,5-6,9-13H2,1H3;1-2H3/t20-,26+,28+,29-;/m1./s1. The highest BCUT2D eigenvalue weighted by Crippen LogP contribution is 2.69. The van der Waals surface area contributed by atoms with E-state index in [0.29, 0.717) is 17.7 Å². The SMILES string of the molecule is CC.CN1C(=O)c2cccc3nc4c(c1c23)C[C@@]1(O)[C@H]2Cc3ccc(O)c5c3[C@@]1(CCN2CC1CC1)[C@H]4O5. The molecule has 196 valence electrons. The third-order valence-corrected chi connectivity index (χ3v) is 10.2. The molecule has 2 fully saturated rings. The van der Waals surface area contributed by atoms with E-state index in [4.69, 9.17) is 9.72 Å². The lowest BCUT2D eigenvalue weighted by atomic mass is 9.48. The molecule has 7 nitrogen and oxygen atoms in total. The van der Waals surface area contributed by atoms with Crippen LogP contribution in [0.1, 0.15) is 72.0 Å². The Morgan fingerprint density at radius 1 is 1.18 bits per heavy atom. The molecule has 1 saturated heterocycles. The first kappa shape index (κ1) is 22.8. The maximum absolute atomic E-state index is 13.2. The monoisotopic (exact) mass is 511 g/mol. The number of aromatic hydroxyl groups is 1. The molecule has 4 heterocycles. The molecular formula is C31H33N3O4. The van der Waals surface area contributed by atoms with Crippen LogP contribution in [0.4, 0.5) is 5.69 Å². The van der Waals surface area contributed by atoms with E-state index in [-0.39, 0.29) is 17.7 Å². The van der Waals surface area contributed by atoms with Crippen molar-refractivity contribution in [1.82, 2.24) is 9.88 Å². The van der Waals surface area contributed by atoms with Crippen molar-refractivity contribution in [3.05, 3.63) is 58.3 Å². The molecule has 0 unspecified atom stereocenters. The fourth-order valence-corrected chi connectivity index (χ4v) is 8.50. The van der Waals surface area contributed by atoms with Gasteiger partial charge in [-0.1, -0.05) is 26.0 Å². The number of pyridine rings is 1. The number of ether oxygens (including phenoxy) is 1. The van der Waals surface area contributed by atoms with Crippen molar-refractivity contribution in [1.29, 1.82) is 0 Å². The van der Waals surface area contributed by atoms with Crippen LogP contribution in [0.5, 0.6) is 11.5 Å². The zero-order chi connectivity index (χ0) is 26.1. The molecule has 1 spiro atoms. The predicted molar refractivity (Wildman–Crippen MR) is 144 cm³/mol. The number of carbonyl (C=O) groups excluding carboxylic acids is 1. The first-order valence-corrected chi connectivity index (χ1v) is 14.1. The Morgan fingerprint density at radius 2 is 2.00 bits per heavy atom. The number of aliphatic hydroxyl groups is 1. The lowest BCUT2D eigenvalue weighted by Crippen LogP contribution is -2.74. The van der Waals surface area contributed by atoms with E-state index >= 15 is 0 Å². The minimum atomic E-state index is -1.09. The Hall–Kier alpha value is -3.16. The average molecular weight is 512 g/mol. The molecule has 6 aliphatic rings. The van der Waals surface area contributed by atoms with Crippen molar-refractivity contribution in [3.8, 4) is 11.5 Å². The van der Waals surface area contributed by atoms with Crippen LogP contribution in [0.25, 0.3) is 10.9 Å². The number of phenolic OH excluding ortho intramolecular Hbond substituents is 1. The van der Waals surface area contributed by atoms with Crippen molar-refractivity contribution < 1.29 is 19.7 Å². The van der Waals surface area contributed by atoms with Gasteiger partial charge < -0.3 is 19.8 Å². The summed E-state index contributed by atoms with van der Waals surface area (Å²) in [5, 5.41) is 24.7. The highest BCUT2D eigenvalue weighted by molar-refractivity contribution is 6.25. The number of aromatic nitrogens is 1. The number of piperidine rings is 1. The molecule has 0 radical (unpaired) electrons. The van der Waals surface area contributed by atoms with E-state index < -0.39 is 17.1 Å². The van der Waals surface area contributed by atoms with Gasteiger partial charge in [0.05, 0.1) is 33.5 Å². The maximum atomic E-state index is 13.2. The summed E-state index contributed by atoms with van der Waals surface area (Å²) < 4.78 is 6.66. The van der Waals surface area contributed by atoms with Crippen molar-refractivity contribution in [2.75, 3.05) is 25.0 Å². The highest BCUT2D eigenvalue weighted by Gasteiger charge is 2.73. The first-order valence-electron chi connectivity index (χ1n) is 14.1. The summed E-state index contributed by atoms with van der Waals surface area (Å²) in [6.45, 7) is 5.92. The number of fused-ring (bicyclic) bond motifs is 3. The fraction of sp³-hybridized carbons (Fsp3) is 0.484. The van der Waals surface area contributed by atoms with Crippen LogP contribution >= 0.6 is 0 Å². The molecule has 1 aromatic heterocycles. The van der Waals surface area contributed by atoms with E-state index in [1.165, 1.54) is 18.4 Å². The van der Waals surface area contributed by atoms with Gasteiger partial charge in [-0.3, -0.25) is 9.69 Å². The number of hydrogen-bond acceptors (Lipinski definition) is 6. The van der Waals surface area contributed by atoms with Crippen molar-refractivity contribution in [3.63, 3.8) is 0 Å². The topological polar surface area (TPSA) is 86.1 Å². The third-order valence-electron chi connectivity index (χ3n) is 10.2. The van der Waals surface area contributed by atoms with Gasteiger partial charge in [0.15, 0.2) is 17.6 Å². The third kappa shape index (κ3) is 2.44. The molecule has 1 saturated carbocycles. The lowest BCUT2D eigenvalue weighted by Gasteiger charge is -2.63. The van der Waals surface area contributed by atoms with Gasteiger partial charge in [-0.05, 0) is 61.9 Å². The molecular weight excluding hydrogens is 478 g/mol. The van der Waals surface area contributed by atoms with Crippen LogP contribution in [0.2, 0.25) is 0 Å². The van der Waals surface area contributed by atoms with Crippen LogP contribution in [0, 0.1) is 5.92 Å². The number of benzene rings is 2. The Kier molecular flexibility index (Phi) is 4.36. The number of anilines is 1. The lowest BCUT2D eigenvalue weighted by molar-refractivity contribution is -0.173. The van der Waals surface area contributed by atoms with Gasteiger partial charge in [0.2, 0.25) is 0 Å². The summed E-state index contributed by atoms with van der Waals surface area (Å²) in [4.78, 5) is 22.6. The first-order chi connectivity index (χ1) is 18.4. The quantitative estimate of drug-likeness (QED) is 0.535. The molecule has 38 heavy (non-hydrogen) atoms. The van der Waals surface area contributed by atoms with Crippen LogP contribution in [-0.2, 0) is 18.3 Å². The number of phenols is 1. The Labute approximate surface area is 222 Å². The molecule has 3 aliphatic heterocycles. The van der Waals surface area contributed by atoms with Crippen molar-refractivity contribution in [2.45, 2.75) is 69.1 Å². The van der Waals surface area contributed by atoms with Crippen LogP contribution in [0.15, 0.2) is 30.3 Å². The van der Waals surface area contributed by atoms with Crippen molar-refractivity contribution >= 4 is 22.5 Å². The molecule has 4 atom stereocenters. The van der Waals surface area contributed by atoms with Gasteiger partial charge in [-0.25, -0.2) is 4.98 Å². The van der Waals surface area contributed by atoms with Gasteiger partial charge in [0.25, 0.3) is 5.91 Å². The summed E-state index contributed by atoms with van der Waals surface area (Å²) in [6.07, 6.45) is 3.94. The number of amides is 1. The summed E-state index contributed by atoms with van der Waals surface area (Å²) >= 11 is 0. The van der Waals surface area contributed by atoms with Crippen molar-refractivity contribution in [2.24, 2.45) is 5.92 Å². The van der Waals surface area contributed by atoms with E-state index in [1.54, 1.807) is 11.0 Å². The Morgan fingerprint density at radius 3 is 2.79 bits per heavy atom. The van der Waals surface area contributed by atoms with E-state index in [2.05, 4.69) is 4.90 Å². The minimum Gasteiger partial charge on any atom is -0.504 e. The zero-order valence-corrected chi connectivity index (χ0v) is 22.1. The maximum Gasteiger partial charge on any atom is 0.258 e. The molecule has 2 N–H and O–H groups in total. The summed E-state index contributed by atoms with van der Waals surface area (Å²) in [5.41, 5.74) is 4.43. The molecule has 3 aromatic rings. The average Bonchev–Trinajstić information content (AvgIpc) is 3.61. The Bertz CT molecular complexity index is 1560. The number of likely N-dealkylation sites (tertiary alicyclic amines) is 1. The second-order valence-electron chi connectivity index (χ2n) is 11.8. The largest absolute Gasteiger partial charge is 0.504 e. The molecule has 7 heteroatoms. The zero-order valence-electron chi connectivity index (χ0n) is 22.1. The van der Waals surface area contributed by atoms with Gasteiger partial charge >= 0.3 is 0 Å². The van der Waals surface area contributed by atoms with Crippen LogP contribution in [0.3, 0.4) is 0 Å². The van der Waals surface area contributed by atoms with E-state index in [0.717, 1.165) is 65.3 Å². The Balaban J connectivity index is 0.00000110. The summed E-state index contributed by atoms with van der Waals surface area (Å²) in [5.74, 6) is 1.32. The number of rotatable bonds is 2. The second kappa shape index (κ2) is 7.27. The molecule has 2 bridgehead atoms. The van der Waals surface area contributed by atoms with Crippen LogP contribution in [-0.4, -0.2) is 57.8 Å². The van der Waals surface area contributed by atoms with E-state index in [9.17, 15) is 15.0 Å². The smallest absolute Gasteiger partial charge is 0.258 e. The summed E-state index contributed by atoms with van der Waals surface area (Å²) in [6, 6.07) is 9.42. The van der Waals surface area contributed by atoms with Gasteiger partial charge in [-0.2, -0.15) is 0 Å². The molecule has 3 aliphatic carbocycles. The second-order valence-corrected chi connectivity index (χ2v) is 11.8. The predicted octanol–water partition coefficient (Wildman–Crippen LogP) is 4.26. The number of carbonyl (C=O) groups is 1.